The number of nitrogens with zero attached hydrogens (tertiary/aromatic N) is 1. The highest BCUT2D eigenvalue weighted by Gasteiger charge is 2.08. The Morgan fingerprint density at radius 3 is 2.78 bits per heavy atom. The van der Waals surface area contributed by atoms with E-state index in [4.69, 9.17) is 5.11 Å². The number of pyridine rings is 1. The number of aromatic nitrogens is 1. The number of aromatic carboxylic acids is 1. The number of carboxylic acid groups (broad SMARTS) is 1. The molecule has 0 saturated heterocycles. The third-order valence-corrected chi connectivity index (χ3v) is 3.60. The minimum atomic E-state index is -0.934. The van der Waals surface area contributed by atoms with Crippen LogP contribution in [0.25, 0.3) is 0 Å². The van der Waals surface area contributed by atoms with Crippen molar-refractivity contribution in [2.45, 2.75) is 16.8 Å². The third-order valence-electron chi connectivity index (χ3n) is 2.20. The largest absolute Gasteiger partial charge is 0.478 e. The summed E-state index contributed by atoms with van der Waals surface area (Å²) < 4.78 is 0.985. The highest BCUT2D eigenvalue weighted by Crippen LogP contribution is 2.28. The zero-order valence-corrected chi connectivity index (χ0v) is 12.0. The SMILES string of the molecule is Cc1cc(C(=O)O)cc(Sc2cccc(Br)c2)n1. The molecule has 0 radical (unpaired) electrons. The third kappa shape index (κ3) is 3.34. The molecule has 0 aliphatic heterocycles. The first-order valence-electron chi connectivity index (χ1n) is 5.20. The fourth-order valence-corrected chi connectivity index (χ4v) is 2.97. The van der Waals surface area contributed by atoms with E-state index < -0.39 is 5.97 Å². The number of halogens is 1. The molecule has 2 aromatic rings. The van der Waals surface area contributed by atoms with Crippen LogP contribution < -0.4 is 0 Å². The van der Waals surface area contributed by atoms with Gasteiger partial charge in [0.05, 0.1) is 5.56 Å². The normalized spacial score (nSPS) is 10.3. The molecule has 0 fully saturated rings. The molecule has 5 heteroatoms. The zero-order valence-electron chi connectivity index (χ0n) is 9.55. The summed E-state index contributed by atoms with van der Waals surface area (Å²) in [4.78, 5) is 16.3. The molecule has 1 aromatic heterocycles. The lowest BCUT2D eigenvalue weighted by atomic mass is 10.2. The highest BCUT2D eigenvalue weighted by molar-refractivity contribution is 9.10. The average molecular weight is 324 g/mol. The van der Waals surface area contributed by atoms with Gasteiger partial charge >= 0.3 is 5.97 Å². The fraction of sp³-hybridized carbons (Fsp3) is 0.0769. The quantitative estimate of drug-likeness (QED) is 0.927. The van der Waals surface area contributed by atoms with Crippen LogP contribution in [-0.2, 0) is 0 Å². The maximum atomic E-state index is 11.0. The van der Waals surface area contributed by atoms with E-state index in [1.54, 1.807) is 19.1 Å². The Balaban J connectivity index is 2.31. The monoisotopic (exact) mass is 323 g/mol. The highest BCUT2D eigenvalue weighted by atomic mass is 79.9. The van der Waals surface area contributed by atoms with Gasteiger partial charge in [-0.3, -0.25) is 0 Å². The second-order valence-corrected chi connectivity index (χ2v) is 5.71. The Morgan fingerprint density at radius 2 is 2.11 bits per heavy atom. The van der Waals surface area contributed by atoms with Crippen molar-refractivity contribution in [3.63, 3.8) is 0 Å². The number of benzene rings is 1. The van der Waals surface area contributed by atoms with Crippen molar-refractivity contribution in [3.8, 4) is 0 Å². The van der Waals surface area contributed by atoms with E-state index in [-0.39, 0.29) is 5.56 Å². The Morgan fingerprint density at radius 1 is 1.33 bits per heavy atom. The van der Waals surface area contributed by atoms with Crippen LogP contribution in [-0.4, -0.2) is 16.1 Å². The molecule has 1 aromatic carbocycles. The van der Waals surface area contributed by atoms with Gasteiger partial charge in [-0.25, -0.2) is 9.78 Å². The predicted octanol–water partition coefficient (Wildman–Crippen LogP) is 4.00. The molecule has 0 spiro atoms. The summed E-state index contributed by atoms with van der Waals surface area (Å²) in [7, 11) is 0. The Hall–Kier alpha value is -1.33. The van der Waals surface area contributed by atoms with Crippen LogP contribution in [0.5, 0.6) is 0 Å². The molecule has 0 bridgehead atoms. The molecule has 0 aliphatic carbocycles. The smallest absolute Gasteiger partial charge is 0.335 e. The molecular formula is C13H10BrNO2S. The van der Waals surface area contributed by atoms with Crippen molar-refractivity contribution in [2.75, 3.05) is 0 Å². The predicted molar refractivity (Wildman–Crippen MR) is 74.2 cm³/mol. The molecule has 3 nitrogen and oxygen atoms in total. The van der Waals surface area contributed by atoms with Crippen molar-refractivity contribution in [1.82, 2.24) is 4.98 Å². The van der Waals surface area contributed by atoms with E-state index in [0.29, 0.717) is 10.7 Å². The molecule has 18 heavy (non-hydrogen) atoms. The fourth-order valence-electron chi connectivity index (χ4n) is 1.47. The number of aryl methyl sites for hydroxylation is 1. The lowest BCUT2D eigenvalue weighted by molar-refractivity contribution is 0.0696. The molecule has 1 N–H and O–H groups in total. The summed E-state index contributed by atoms with van der Waals surface area (Å²) in [6.45, 7) is 1.79. The van der Waals surface area contributed by atoms with Crippen LogP contribution >= 0.6 is 27.7 Å². The van der Waals surface area contributed by atoms with Crippen molar-refractivity contribution in [1.29, 1.82) is 0 Å². The van der Waals surface area contributed by atoms with E-state index in [9.17, 15) is 4.79 Å². The van der Waals surface area contributed by atoms with Gasteiger partial charge in [0.25, 0.3) is 0 Å². The van der Waals surface area contributed by atoms with Crippen LogP contribution in [0, 0.1) is 6.92 Å². The van der Waals surface area contributed by atoms with Gasteiger partial charge in [-0.15, -0.1) is 0 Å². The van der Waals surface area contributed by atoms with Gasteiger partial charge in [0.2, 0.25) is 0 Å². The summed E-state index contributed by atoms with van der Waals surface area (Å²) in [5, 5.41) is 9.69. The first-order valence-corrected chi connectivity index (χ1v) is 6.81. The number of rotatable bonds is 3. The number of hydrogen-bond acceptors (Lipinski definition) is 3. The summed E-state index contributed by atoms with van der Waals surface area (Å²) in [5.74, 6) is -0.934. The lowest BCUT2D eigenvalue weighted by Gasteiger charge is -2.04. The van der Waals surface area contributed by atoms with Crippen molar-refractivity contribution in [3.05, 3.63) is 52.1 Å². The molecule has 0 aliphatic rings. The molecule has 1 heterocycles. The van der Waals surface area contributed by atoms with E-state index in [1.165, 1.54) is 11.8 Å². The maximum absolute atomic E-state index is 11.0. The number of carboxylic acids is 1. The van der Waals surface area contributed by atoms with Crippen LogP contribution in [0.4, 0.5) is 0 Å². The average Bonchev–Trinajstić information content (AvgIpc) is 2.28. The van der Waals surface area contributed by atoms with E-state index in [2.05, 4.69) is 20.9 Å². The van der Waals surface area contributed by atoms with Gasteiger partial charge in [-0.2, -0.15) is 0 Å². The van der Waals surface area contributed by atoms with Gasteiger partial charge in [0.15, 0.2) is 0 Å². The molecule has 0 amide bonds. The van der Waals surface area contributed by atoms with E-state index in [0.717, 1.165) is 9.37 Å². The first kappa shape index (κ1) is 13.1. The molecule has 0 atom stereocenters. The maximum Gasteiger partial charge on any atom is 0.335 e. The molecule has 92 valence electrons. The van der Waals surface area contributed by atoms with Gasteiger partial charge < -0.3 is 5.11 Å². The molecule has 0 saturated carbocycles. The van der Waals surface area contributed by atoms with Crippen molar-refractivity contribution >= 4 is 33.7 Å². The van der Waals surface area contributed by atoms with Crippen LogP contribution in [0.15, 0.2) is 50.8 Å². The van der Waals surface area contributed by atoms with Crippen LogP contribution in [0.1, 0.15) is 16.1 Å². The minimum absolute atomic E-state index is 0.264. The van der Waals surface area contributed by atoms with Crippen LogP contribution in [0.3, 0.4) is 0 Å². The van der Waals surface area contributed by atoms with Crippen LogP contribution in [0.2, 0.25) is 0 Å². The summed E-state index contributed by atoms with van der Waals surface area (Å²) in [6, 6.07) is 10.9. The topological polar surface area (TPSA) is 50.2 Å². The summed E-state index contributed by atoms with van der Waals surface area (Å²) in [5.41, 5.74) is 0.965. The standard InChI is InChI=1S/C13H10BrNO2S/c1-8-5-9(13(16)17)6-12(15-8)18-11-4-2-3-10(14)7-11/h2-7H,1H3,(H,16,17). The second-order valence-electron chi connectivity index (χ2n) is 3.70. The first-order chi connectivity index (χ1) is 8.54. The Kier molecular flexibility index (Phi) is 4.04. The van der Waals surface area contributed by atoms with Crippen molar-refractivity contribution < 1.29 is 9.90 Å². The summed E-state index contributed by atoms with van der Waals surface area (Å²) >= 11 is 4.84. The van der Waals surface area contributed by atoms with Gasteiger partial charge in [0.1, 0.15) is 5.03 Å². The summed E-state index contributed by atoms with van der Waals surface area (Å²) in [6.07, 6.45) is 0. The molecular weight excluding hydrogens is 314 g/mol. The second kappa shape index (κ2) is 5.54. The number of hydrogen-bond donors (Lipinski definition) is 1. The lowest BCUT2D eigenvalue weighted by Crippen LogP contribution is -1.98. The van der Waals surface area contributed by atoms with E-state index >= 15 is 0 Å². The zero-order chi connectivity index (χ0) is 13.1. The Labute approximate surface area is 117 Å². The Bertz CT molecular complexity index is 601. The van der Waals surface area contributed by atoms with E-state index in [1.807, 2.05) is 24.3 Å². The van der Waals surface area contributed by atoms with Crippen molar-refractivity contribution in [2.24, 2.45) is 0 Å². The minimum Gasteiger partial charge on any atom is -0.478 e. The van der Waals surface area contributed by atoms with Gasteiger partial charge in [-0.1, -0.05) is 33.8 Å². The molecule has 2 rings (SSSR count). The molecule has 0 unspecified atom stereocenters. The van der Waals surface area contributed by atoms with Gasteiger partial charge in [-0.05, 0) is 37.3 Å². The van der Waals surface area contributed by atoms with Gasteiger partial charge in [0, 0.05) is 15.1 Å². The number of carbonyl (C=O) groups is 1.